The van der Waals surface area contributed by atoms with Gasteiger partial charge < -0.3 is 5.32 Å². The summed E-state index contributed by atoms with van der Waals surface area (Å²) in [5, 5.41) is 5.17. The number of aryl methyl sites for hydroxylation is 1. The Kier molecular flexibility index (Phi) is 5.93. The zero-order valence-corrected chi connectivity index (χ0v) is 11.6. The van der Waals surface area contributed by atoms with Crippen LogP contribution in [0.15, 0.2) is 11.4 Å². The molecular formula is C11H17N3OS2. The number of thiophene rings is 1. The minimum Gasteiger partial charge on any atom is -0.362 e. The van der Waals surface area contributed by atoms with Crippen molar-refractivity contribution in [3.8, 4) is 0 Å². The fraction of sp³-hybridized carbons (Fsp3) is 0.455. The molecule has 0 aromatic carbocycles. The topological polar surface area (TPSA) is 53.2 Å². The van der Waals surface area contributed by atoms with Gasteiger partial charge in [-0.25, -0.2) is 0 Å². The summed E-state index contributed by atoms with van der Waals surface area (Å²) in [5.74, 6) is -0.163. The third-order valence-electron chi connectivity index (χ3n) is 2.04. The monoisotopic (exact) mass is 271 g/mol. The van der Waals surface area contributed by atoms with Crippen LogP contribution in [-0.4, -0.2) is 17.6 Å². The molecule has 1 aromatic rings. The van der Waals surface area contributed by atoms with Gasteiger partial charge in [-0.15, -0.1) is 11.3 Å². The summed E-state index contributed by atoms with van der Waals surface area (Å²) in [6, 6.07) is 1.92. The molecule has 3 N–H and O–H groups in total. The van der Waals surface area contributed by atoms with Gasteiger partial charge >= 0.3 is 0 Å². The van der Waals surface area contributed by atoms with Gasteiger partial charge in [-0.05, 0) is 31.6 Å². The first-order valence-corrected chi connectivity index (χ1v) is 6.87. The average Bonchev–Trinajstić information content (AvgIpc) is 2.75. The normalized spacial score (nSPS) is 9.76. The summed E-state index contributed by atoms with van der Waals surface area (Å²) in [4.78, 5) is 12.9. The molecule has 17 heavy (non-hydrogen) atoms. The van der Waals surface area contributed by atoms with E-state index in [0.29, 0.717) is 10.7 Å². The fourth-order valence-corrected chi connectivity index (χ4v) is 2.43. The number of rotatable bonds is 4. The number of nitrogens with one attached hydrogen (secondary N) is 3. The van der Waals surface area contributed by atoms with E-state index in [2.05, 4.69) is 23.1 Å². The Morgan fingerprint density at radius 3 is 2.82 bits per heavy atom. The van der Waals surface area contributed by atoms with Crippen molar-refractivity contribution in [3.63, 3.8) is 0 Å². The predicted octanol–water partition coefficient (Wildman–Crippen LogP) is 1.83. The molecule has 0 saturated heterocycles. The van der Waals surface area contributed by atoms with Crippen LogP contribution in [0.3, 0.4) is 0 Å². The molecule has 94 valence electrons. The molecular weight excluding hydrogens is 254 g/mol. The van der Waals surface area contributed by atoms with E-state index in [1.807, 2.05) is 18.4 Å². The lowest BCUT2D eigenvalue weighted by molar-refractivity contribution is 0.0944. The highest BCUT2D eigenvalue weighted by molar-refractivity contribution is 7.80. The van der Waals surface area contributed by atoms with Gasteiger partial charge in [0.25, 0.3) is 5.91 Å². The van der Waals surface area contributed by atoms with Gasteiger partial charge in [0.1, 0.15) is 0 Å². The molecule has 0 bridgehead atoms. The summed E-state index contributed by atoms with van der Waals surface area (Å²) in [5.41, 5.74) is 5.87. The lowest BCUT2D eigenvalue weighted by Gasteiger charge is -2.09. The maximum atomic E-state index is 11.7. The summed E-state index contributed by atoms with van der Waals surface area (Å²) in [7, 11) is 0. The minimum atomic E-state index is -0.163. The van der Waals surface area contributed by atoms with Crippen molar-refractivity contribution in [2.24, 2.45) is 0 Å². The molecule has 6 heteroatoms. The number of amides is 1. The number of hydrazine groups is 1. The van der Waals surface area contributed by atoms with Crippen molar-refractivity contribution < 1.29 is 4.79 Å². The average molecular weight is 271 g/mol. The maximum absolute atomic E-state index is 11.7. The first-order chi connectivity index (χ1) is 8.17. The molecule has 0 atom stereocenters. The number of carbonyl (C=O) groups is 1. The van der Waals surface area contributed by atoms with Crippen LogP contribution in [0, 0.1) is 0 Å². The van der Waals surface area contributed by atoms with E-state index in [-0.39, 0.29) is 5.91 Å². The Balaban J connectivity index is 2.43. The molecule has 1 rings (SSSR count). The van der Waals surface area contributed by atoms with Gasteiger partial charge in [0.05, 0.1) is 5.56 Å². The van der Waals surface area contributed by atoms with Crippen LogP contribution in [0.25, 0.3) is 0 Å². The zero-order valence-electron chi connectivity index (χ0n) is 10.0. The van der Waals surface area contributed by atoms with E-state index < -0.39 is 0 Å². The number of hydrogen-bond donors (Lipinski definition) is 3. The van der Waals surface area contributed by atoms with Crippen LogP contribution in [0.5, 0.6) is 0 Å². The van der Waals surface area contributed by atoms with Crippen LogP contribution >= 0.6 is 23.6 Å². The van der Waals surface area contributed by atoms with E-state index >= 15 is 0 Å². The molecule has 0 fully saturated rings. The molecule has 0 aliphatic rings. The quantitative estimate of drug-likeness (QED) is 0.578. The van der Waals surface area contributed by atoms with Crippen molar-refractivity contribution in [3.05, 3.63) is 21.9 Å². The molecule has 0 saturated carbocycles. The highest BCUT2D eigenvalue weighted by Crippen LogP contribution is 2.16. The molecule has 0 unspecified atom stereocenters. The molecule has 0 radical (unpaired) electrons. The second-order valence-corrected chi connectivity index (χ2v) is 4.89. The molecule has 4 nitrogen and oxygen atoms in total. The van der Waals surface area contributed by atoms with Crippen LogP contribution in [0.2, 0.25) is 0 Å². The van der Waals surface area contributed by atoms with Crippen LogP contribution in [-0.2, 0) is 6.42 Å². The van der Waals surface area contributed by atoms with Gasteiger partial charge in [-0.2, -0.15) is 0 Å². The second-order valence-electron chi connectivity index (χ2n) is 3.49. The fourth-order valence-electron chi connectivity index (χ4n) is 1.27. The Hall–Kier alpha value is -1.14. The summed E-state index contributed by atoms with van der Waals surface area (Å²) in [6.07, 6.45) is 2.10. The minimum absolute atomic E-state index is 0.163. The molecule has 1 aromatic heterocycles. The Morgan fingerprint density at radius 1 is 1.41 bits per heavy atom. The van der Waals surface area contributed by atoms with Gasteiger partial charge in [-0.3, -0.25) is 15.6 Å². The van der Waals surface area contributed by atoms with Crippen molar-refractivity contribution >= 4 is 34.6 Å². The molecule has 0 spiro atoms. The predicted molar refractivity (Wildman–Crippen MR) is 75.2 cm³/mol. The zero-order chi connectivity index (χ0) is 12.7. The number of thiocarbonyl (C=S) groups is 1. The van der Waals surface area contributed by atoms with E-state index in [1.165, 1.54) is 4.88 Å². The van der Waals surface area contributed by atoms with E-state index in [9.17, 15) is 4.79 Å². The van der Waals surface area contributed by atoms with Crippen LogP contribution in [0.4, 0.5) is 0 Å². The Bertz CT molecular complexity index is 390. The SMILES string of the molecule is CCCc1cc(C(=O)NNC(=S)NCC)cs1. The summed E-state index contributed by atoms with van der Waals surface area (Å²) < 4.78 is 0. The molecule has 0 aliphatic heterocycles. The maximum Gasteiger partial charge on any atom is 0.270 e. The van der Waals surface area contributed by atoms with Crippen LogP contribution in [0.1, 0.15) is 35.5 Å². The van der Waals surface area contributed by atoms with Crippen molar-refractivity contribution in [1.29, 1.82) is 0 Å². The smallest absolute Gasteiger partial charge is 0.270 e. The van der Waals surface area contributed by atoms with Crippen molar-refractivity contribution in [1.82, 2.24) is 16.2 Å². The van der Waals surface area contributed by atoms with Crippen LogP contribution < -0.4 is 16.2 Å². The van der Waals surface area contributed by atoms with E-state index in [0.717, 1.165) is 19.4 Å². The van der Waals surface area contributed by atoms with Gasteiger partial charge in [-0.1, -0.05) is 13.3 Å². The third-order valence-corrected chi connectivity index (χ3v) is 3.28. The molecule has 1 amide bonds. The van der Waals surface area contributed by atoms with Crippen molar-refractivity contribution in [2.75, 3.05) is 6.54 Å². The lowest BCUT2D eigenvalue weighted by Crippen LogP contribution is -2.46. The Morgan fingerprint density at radius 2 is 2.18 bits per heavy atom. The summed E-state index contributed by atoms with van der Waals surface area (Å²) >= 11 is 6.54. The number of carbonyl (C=O) groups excluding carboxylic acids is 1. The van der Waals surface area contributed by atoms with E-state index in [1.54, 1.807) is 11.3 Å². The van der Waals surface area contributed by atoms with Gasteiger partial charge in [0.15, 0.2) is 5.11 Å². The Labute approximate surface area is 111 Å². The number of hydrogen-bond acceptors (Lipinski definition) is 3. The first-order valence-electron chi connectivity index (χ1n) is 5.59. The third kappa shape index (κ3) is 4.70. The highest BCUT2D eigenvalue weighted by Gasteiger charge is 2.08. The largest absolute Gasteiger partial charge is 0.362 e. The standard InChI is InChI=1S/C11H17N3OS2/c1-3-5-9-6-8(7-17-9)10(15)13-14-11(16)12-4-2/h6-7H,3-5H2,1-2H3,(H,13,15)(H2,12,14,16). The molecule has 0 aliphatic carbocycles. The highest BCUT2D eigenvalue weighted by atomic mass is 32.1. The lowest BCUT2D eigenvalue weighted by atomic mass is 10.2. The van der Waals surface area contributed by atoms with Gasteiger partial charge in [0.2, 0.25) is 0 Å². The second kappa shape index (κ2) is 7.24. The first kappa shape index (κ1) is 13.9. The van der Waals surface area contributed by atoms with Gasteiger partial charge in [0, 0.05) is 16.8 Å². The molecule has 1 heterocycles. The van der Waals surface area contributed by atoms with E-state index in [4.69, 9.17) is 12.2 Å². The summed E-state index contributed by atoms with van der Waals surface area (Å²) in [6.45, 7) is 4.78. The van der Waals surface area contributed by atoms with Crippen molar-refractivity contribution in [2.45, 2.75) is 26.7 Å².